The predicted octanol–water partition coefficient (Wildman–Crippen LogP) is 0.888. The van der Waals surface area contributed by atoms with Crippen molar-refractivity contribution in [1.29, 1.82) is 0 Å². The third-order valence-corrected chi connectivity index (χ3v) is 5.22. The van der Waals surface area contributed by atoms with Crippen LogP contribution in [-0.4, -0.2) is 57.1 Å². The van der Waals surface area contributed by atoms with Gasteiger partial charge in [-0.05, 0) is 53.8 Å². The molecule has 2 N–H and O–H groups in total. The largest absolute Gasteiger partial charge is 0.497 e. The highest BCUT2D eigenvalue weighted by atomic mass is 16.5. The van der Waals surface area contributed by atoms with E-state index in [4.69, 9.17) is 10.5 Å². The van der Waals surface area contributed by atoms with Crippen molar-refractivity contribution < 1.29 is 14.3 Å². The SMILES string of the molecule is COc1cccc(CC(C(=O)N2CCC(CC(N)=O)CC2)n2nnnc2C)c1. The molecule has 9 heteroatoms. The van der Waals surface area contributed by atoms with E-state index in [9.17, 15) is 9.59 Å². The molecule has 0 radical (unpaired) electrons. The topological polar surface area (TPSA) is 116 Å². The molecule has 1 aliphatic rings. The molecule has 1 aromatic carbocycles. The van der Waals surface area contributed by atoms with Crippen molar-refractivity contribution in [2.75, 3.05) is 20.2 Å². The molecule has 150 valence electrons. The quantitative estimate of drug-likeness (QED) is 0.755. The zero-order valence-corrected chi connectivity index (χ0v) is 16.2. The molecule has 0 bridgehead atoms. The van der Waals surface area contributed by atoms with Gasteiger partial charge < -0.3 is 15.4 Å². The van der Waals surface area contributed by atoms with Crippen molar-refractivity contribution in [2.45, 2.75) is 38.6 Å². The molecule has 1 atom stereocenters. The van der Waals surface area contributed by atoms with Crippen LogP contribution in [0.25, 0.3) is 0 Å². The summed E-state index contributed by atoms with van der Waals surface area (Å²) in [5, 5.41) is 11.7. The van der Waals surface area contributed by atoms with Gasteiger partial charge in [0, 0.05) is 25.9 Å². The number of methoxy groups -OCH3 is 1. The summed E-state index contributed by atoms with van der Waals surface area (Å²) in [5.74, 6) is 1.27. The maximum Gasteiger partial charge on any atom is 0.247 e. The summed E-state index contributed by atoms with van der Waals surface area (Å²) in [4.78, 5) is 26.3. The fourth-order valence-electron chi connectivity index (χ4n) is 3.68. The van der Waals surface area contributed by atoms with Crippen LogP contribution in [0.3, 0.4) is 0 Å². The van der Waals surface area contributed by atoms with E-state index in [0.717, 1.165) is 24.2 Å². The first-order valence-electron chi connectivity index (χ1n) is 9.42. The summed E-state index contributed by atoms with van der Waals surface area (Å²) in [6.07, 6.45) is 2.38. The van der Waals surface area contributed by atoms with Gasteiger partial charge in [0.25, 0.3) is 0 Å². The number of benzene rings is 1. The van der Waals surface area contributed by atoms with Gasteiger partial charge in [-0.25, -0.2) is 4.68 Å². The first-order valence-corrected chi connectivity index (χ1v) is 9.42. The number of likely N-dealkylation sites (tertiary alicyclic amines) is 1. The number of aryl methyl sites for hydroxylation is 1. The molecule has 1 aliphatic heterocycles. The maximum atomic E-state index is 13.3. The van der Waals surface area contributed by atoms with Crippen LogP contribution in [0.15, 0.2) is 24.3 Å². The molecule has 1 fully saturated rings. The lowest BCUT2D eigenvalue weighted by atomic mass is 9.92. The molecule has 2 heterocycles. The molecule has 3 rings (SSSR count). The van der Waals surface area contributed by atoms with E-state index in [0.29, 0.717) is 31.8 Å². The molecule has 0 aliphatic carbocycles. The zero-order chi connectivity index (χ0) is 20.1. The van der Waals surface area contributed by atoms with Gasteiger partial charge >= 0.3 is 0 Å². The number of ether oxygens (including phenoxy) is 1. The van der Waals surface area contributed by atoms with Gasteiger partial charge in [-0.15, -0.1) is 5.10 Å². The Kier molecular flexibility index (Phi) is 6.23. The highest BCUT2D eigenvalue weighted by Crippen LogP contribution is 2.25. The van der Waals surface area contributed by atoms with Gasteiger partial charge in [0.05, 0.1) is 7.11 Å². The second-order valence-electron chi connectivity index (χ2n) is 7.18. The van der Waals surface area contributed by atoms with E-state index in [1.807, 2.05) is 29.2 Å². The summed E-state index contributed by atoms with van der Waals surface area (Å²) in [7, 11) is 1.61. The average molecular weight is 386 g/mol. The molecular weight excluding hydrogens is 360 g/mol. The van der Waals surface area contributed by atoms with Crippen LogP contribution in [0.4, 0.5) is 0 Å². The molecule has 9 nitrogen and oxygen atoms in total. The Morgan fingerprint density at radius 2 is 2.07 bits per heavy atom. The fourth-order valence-corrected chi connectivity index (χ4v) is 3.68. The summed E-state index contributed by atoms with van der Waals surface area (Å²) in [5.41, 5.74) is 6.27. The third-order valence-electron chi connectivity index (χ3n) is 5.22. The molecule has 2 amide bonds. The lowest BCUT2D eigenvalue weighted by Crippen LogP contribution is -2.44. The van der Waals surface area contributed by atoms with E-state index in [2.05, 4.69) is 15.5 Å². The highest BCUT2D eigenvalue weighted by Gasteiger charge is 2.31. The van der Waals surface area contributed by atoms with E-state index in [1.54, 1.807) is 18.7 Å². The summed E-state index contributed by atoms with van der Waals surface area (Å²) < 4.78 is 6.87. The summed E-state index contributed by atoms with van der Waals surface area (Å²) in [6.45, 7) is 2.99. The Bertz CT molecular complexity index is 829. The van der Waals surface area contributed by atoms with E-state index >= 15 is 0 Å². The Balaban J connectivity index is 1.77. The van der Waals surface area contributed by atoms with Gasteiger partial charge in [-0.2, -0.15) is 0 Å². The summed E-state index contributed by atoms with van der Waals surface area (Å²) >= 11 is 0. The molecule has 28 heavy (non-hydrogen) atoms. The van der Waals surface area contributed by atoms with Crippen molar-refractivity contribution in [1.82, 2.24) is 25.1 Å². The minimum absolute atomic E-state index is 0.0178. The van der Waals surface area contributed by atoms with E-state index < -0.39 is 6.04 Å². The van der Waals surface area contributed by atoms with Crippen LogP contribution >= 0.6 is 0 Å². The van der Waals surface area contributed by atoms with Crippen molar-refractivity contribution >= 4 is 11.8 Å². The number of nitrogens with two attached hydrogens (primary N) is 1. The summed E-state index contributed by atoms with van der Waals surface area (Å²) in [6, 6.07) is 7.11. The number of rotatable bonds is 7. The predicted molar refractivity (Wildman–Crippen MR) is 101 cm³/mol. The molecule has 0 spiro atoms. The van der Waals surface area contributed by atoms with Crippen LogP contribution in [0, 0.1) is 12.8 Å². The second kappa shape index (κ2) is 8.81. The number of piperidine rings is 1. The van der Waals surface area contributed by atoms with Gasteiger partial charge in [0.1, 0.15) is 17.6 Å². The van der Waals surface area contributed by atoms with Crippen LogP contribution in [0.1, 0.15) is 36.7 Å². The molecule has 2 aromatic rings. The van der Waals surface area contributed by atoms with Gasteiger partial charge in [0.15, 0.2) is 0 Å². The number of tetrazole rings is 1. The minimum atomic E-state index is -0.533. The number of hydrogen-bond acceptors (Lipinski definition) is 6. The average Bonchev–Trinajstić information content (AvgIpc) is 3.11. The van der Waals surface area contributed by atoms with Crippen LogP contribution in [0.5, 0.6) is 5.75 Å². The lowest BCUT2D eigenvalue weighted by molar-refractivity contribution is -0.136. The number of primary amides is 1. The minimum Gasteiger partial charge on any atom is -0.497 e. The monoisotopic (exact) mass is 386 g/mol. The Hall–Kier alpha value is -2.97. The Labute approximate surface area is 163 Å². The number of amides is 2. The second-order valence-corrected chi connectivity index (χ2v) is 7.18. The van der Waals surface area contributed by atoms with Crippen molar-refractivity contribution in [3.05, 3.63) is 35.7 Å². The number of hydrogen-bond donors (Lipinski definition) is 1. The van der Waals surface area contributed by atoms with Gasteiger partial charge in [-0.1, -0.05) is 12.1 Å². The lowest BCUT2D eigenvalue weighted by Gasteiger charge is -2.34. The Morgan fingerprint density at radius 1 is 1.32 bits per heavy atom. The van der Waals surface area contributed by atoms with Crippen LogP contribution in [0.2, 0.25) is 0 Å². The van der Waals surface area contributed by atoms with E-state index in [1.165, 1.54) is 0 Å². The maximum absolute atomic E-state index is 13.3. The zero-order valence-electron chi connectivity index (χ0n) is 16.2. The number of nitrogens with zero attached hydrogens (tertiary/aromatic N) is 5. The van der Waals surface area contributed by atoms with Crippen LogP contribution in [-0.2, 0) is 16.0 Å². The molecule has 1 saturated heterocycles. The number of aromatic nitrogens is 4. The molecule has 0 saturated carbocycles. The molecule has 1 aromatic heterocycles. The first-order chi connectivity index (χ1) is 13.5. The highest BCUT2D eigenvalue weighted by molar-refractivity contribution is 5.81. The van der Waals surface area contributed by atoms with Gasteiger partial charge in [-0.3, -0.25) is 9.59 Å². The molecule has 1 unspecified atom stereocenters. The normalized spacial score (nSPS) is 16.0. The smallest absolute Gasteiger partial charge is 0.247 e. The fraction of sp³-hybridized carbons (Fsp3) is 0.526. The number of carbonyl (C=O) groups is 2. The van der Waals surface area contributed by atoms with Crippen LogP contribution < -0.4 is 10.5 Å². The van der Waals surface area contributed by atoms with Crippen molar-refractivity contribution in [3.8, 4) is 5.75 Å². The van der Waals surface area contributed by atoms with E-state index in [-0.39, 0.29) is 17.7 Å². The first kappa shape index (κ1) is 19.8. The third kappa shape index (κ3) is 4.65. The van der Waals surface area contributed by atoms with Crippen molar-refractivity contribution in [2.24, 2.45) is 11.7 Å². The van der Waals surface area contributed by atoms with Crippen molar-refractivity contribution in [3.63, 3.8) is 0 Å². The standard InChI is InChI=1S/C19H26N6O3/c1-13-21-22-23-25(13)17(11-15-4-3-5-16(10-15)28-2)19(27)24-8-6-14(7-9-24)12-18(20)26/h3-5,10,14,17H,6-9,11-12H2,1-2H3,(H2,20,26). The van der Waals surface area contributed by atoms with Gasteiger partial charge in [0.2, 0.25) is 11.8 Å². The number of carbonyl (C=O) groups excluding carboxylic acids is 2. The Morgan fingerprint density at radius 3 is 2.68 bits per heavy atom. The molecular formula is C19H26N6O3.